The van der Waals surface area contributed by atoms with Crippen LogP contribution in [0.15, 0.2) is 18.2 Å². The third-order valence-corrected chi connectivity index (χ3v) is 3.98. The Bertz CT molecular complexity index is 317. The van der Waals surface area contributed by atoms with Crippen molar-refractivity contribution in [1.82, 2.24) is 0 Å². The second-order valence-electron chi connectivity index (χ2n) is 4.49. The maximum absolute atomic E-state index is 6.21. The summed E-state index contributed by atoms with van der Waals surface area (Å²) in [7, 11) is 0. The molecule has 0 spiro atoms. The Hall–Kier alpha value is 0.0900. The van der Waals surface area contributed by atoms with Gasteiger partial charge in [0.05, 0.1) is 0 Å². The minimum absolute atomic E-state index is 0.118. The van der Waals surface area contributed by atoms with Crippen LogP contribution in [-0.4, -0.2) is 5.38 Å². The number of alkyl halides is 1. The van der Waals surface area contributed by atoms with Crippen LogP contribution in [0, 0.1) is 11.8 Å². The normalized spacial score (nSPS) is 15.2. The van der Waals surface area contributed by atoms with E-state index in [0.29, 0.717) is 11.8 Å². The first-order valence-corrected chi connectivity index (χ1v) is 6.69. The van der Waals surface area contributed by atoms with Crippen LogP contribution < -0.4 is 0 Å². The van der Waals surface area contributed by atoms with E-state index in [1.54, 1.807) is 0 Å². The van der Waals surface area contributed by atoms with E-state index in [-0.39, 0.29) is 5.38 Å². The Balaban J connectivity index is 2.94. The van der Waals surface area contributed by atoms with E-state index in [1.165, 1.54) is 0 Å². The molecule has 0 N–H and O–H groups in total. The van der Waals surface area contributed by atoms with Gasteiger partial charge in [0.1, 0.15) is 0 Å². The molecular formula is C13H17Cl3. The first-order chi connectivity index (χ1) is 7.43. The fourth-order valence-electron chi connectivity index (χ4n) is 1.89. The number of hydrogen-bond acceptors (Lipinski definition) is 0. The Morgan fingerprint density at radius 2 is 1.56 bits per heavy atom. The van der Waals surface area contributed by atoms with Crippen LogP contribution >= 0.6 is 34.8 Å². The molecule has 1 aromatic rings. The Morgan fingerprint density at radius 3 is 1.94 bits per heavy atom. The van der Waals surface area contributed by atoms with Crippen LogP contribution in [0.4, 0.5) is 0 Å². The third-order valence-electron chi connectivity index (χ3n) is 2.95. The van der Waals surface area contributed by atoms with Crippen LogP contribution in [-0.2, 0) is 6.42 Å². The topological polar surface area (TPSA) is 0 Å². The fourth-order valence-corrected chi connectivity index (χ4v) is 2.82. The first-order valence-electron chi connectivity index (χ1n) is 5.50. The summed E-state index contributed by atoms with van der Waals surface area (Å²) in [4.78, 5) is 0. The minimum atomic E-state index is 0.118. The van der Waals surface area contributed by atoms with Crippen LogP contribution in [0.3, 0.4) is 0 Å². The fraction of sp³-hybridized carbons (Fsp3) is 0.538. The molecule has 0 saturated carbocycles. The lowest BCUT2D eigenvalue weighted by molar-refractivity contribution is 0.376. The maximum atomic E-state index is 6.21. The molecule has 0 bridgehead atoms. The van der Waals surface area contributed by atoms with Gasteiger partial charge < -0.3 is 0 Å². The molecule has 0 radical (unpaired) electrons. The van der Waals surface area contributed by atoms with Gasteiger partial charge in [0.25, 0.3) is 0 Å². The maximum Gasteiger partial charge on any atom is 0.0452 e. The molecule has 2 atom stereocenters. The molecule has 0 nitrogen and oxygen atoms in total. The second-order valence-corrected chi connectivity index (χ2v) is 5.99. The molecular weight excluding hydrogens is 263 g/mol. The zero-order valence-electron chi connectivity index (χ0n) is 9.81. The SMILES string of the molecule is CC(C)C(Cc1c(Cl)cccc1Cl)C(C)Cl. The molecule has 0 saturated heterocycles. The monoisotopic (exact) mass is 278 g/mol. The standard InChI is InChI=1S/C13H17Cl3/c1-8(2)10(9(3)14)7-11-12(15)5-4-6-13(11)16/h4-6,8-10H,7H2,1-3H3. The summed E-state index contributed by atoms with van der Waals surface area (Å²) in [6, 6.07) is 5.61. The predicted octanol–water partition coefficient (Wildman–Crippen LogP) is 5.44. The van der Waals surface area contributed by atoms with Crippen molar-refractivity contribution in [2.45, 2.75) is 32.6 Å². The lowest BCUT2D eigenvalue weighted by atomic mass is 9.87. The molecule has 1 aromatic carbocycles. The second kappa shape index (κ2) is 6.14. The van der Waals surface area contributed by atoms with Crippen molar-refractivity contribution in [3.63, 3.8) is 0 Å². The lowest BCUT2D eigenvalue weighted by Crippen LogP contribution is -2.21. The molecule has 3 heteroatoms. The van der Waals surface area contributed by atoms with Crippen molar-refractivity contribution >= 4 is 34.8 Å². The summed E-state index contributed by atoms with van der Waals surface area (Å²) < 4.78 is 0. The molecule has 90 valence electrons. The zero-order valence-corrected chi connectivity index (χ0v) is 12.1. The molecule has 2 unspecified atom stereocenters. The largest absolute Gasteiger partial charge is 0.123 e. The molecule has 16 heavy (non-hydrogen) atoms. The van der Waals surface area contributed by atoms with E-state index in [4.69, 9.17) is 34.8 Å². The average Bonchev–Trinajstić information content (AvgIpc) is 2.15. The number of rotatable bonds is 4. The van der Waals surface area contributed by atoms with Crippen molar-refractivity contribution < 1.29 is 0 Å². The smallest absolute Gasteiger partial charge is 0.0452 e. The van der Waals surface area contributed by atoms with Crippen molar-refractivity contribution in [3.8, 4) is 0 Å². The van der Waals surface area contributed by atoms with Gasteiger partial charge in [-0.05, 0) is 42.9 Å². The minimum Gasteiger partial charge on any atom is -0.123 e. The van der Waals surface area contributed by atoms with Gasteiger partial charge in [-0.1, -0.05) is 43.1 Å². The summed E-state index contributed by atoms with van der Waals surface area (Å²) in [5.74, 6) is 0.902. The van der Waals surface area contributed by atoms with Gasteiger partial charge >= 0.3 is 0 Å². The zero-order chi connectivity index (χ0) is 12.3. The number of hydrogen-bond donors (Lipinski definition) is 0. The quantitative estimate of drug-likeness (QED) is 0.644. The van der Waals surface area contributed by atoms with E-state index in [1.807, 2.05) is 25.1 Å². The highest BCUT2D eigenvalue weighted by atomic mass is 35.5. The van der Waals surface area contributed by atoms with Gasteiger partial charge in [0.2, 0.25) is 0 Å². The van der Waals surface area contributed by atoms with E-state index < -0.39 is 0 Å². The Morgan fingerprint density at radius 1 is 1.06 bits per heavy atom. The Labute approximate surface area is 113 Å². The predicted molar refractivity (Wildman–Crippen MR) is 73.8 cm³/mol. The highest BCUT2D eigenvalue weighted by Gasteiger charge is 2.21. The molecule has 0 aliphatic rings. The van der Waals surface area contributed by atoms with E-state index >= 15 is 0 Å². The van der Waals surface area contributed by atoms with Crippen LogP contribution in [0.1, 0.15) is 26.3 Å². The van der Waals surface area contributed by atoms with E-state index in [2.05, 4.69) is 13.8 Å². The van der Waals surface area contributed by atoms with Gasteiger partial charge in [-0.2, -0.15) is 0 Å². The summed E-state index contributed by atoms with van der Waals surface area (Å²) >= 11 is 18.5. The summed E-state index contributed by atoms with van der Waals surface area (Å²) in [6.07, 6.45) is 0.834. The van der Waals surface area contributed by atoms with Crippen molar-refractivity contribution in [3.05, 3.63) is 33.8 Å². The average molecular weight is 280 g/mol. The first kappa shape index (κ1) is 14.2. The molecule has 0 aromatic heterocycles. The van der Waals surface area contributed by atoms with Gasteiger partial charge in [-0.25, -0.2) is 0 Å². The van der Waals surface area contributed by atoms with Crippen molar-refractivity contribution in [2.24, 2.45) is 11.8 Å². The van der Waals surface area contributed by atoms with E-state index in [0.717, 1.165) is 22.0 Å². The van der Waals surface area contributed by atoms with Crippen LogP contribution in [0.25, 0.3) is 0 Å². The highest BCUT2D eigenvalue weighted by Crippen LogP contribution is 2.31. The molecule has 0 amide bonds. The van der Waals surface area contributed by atoms with Crippen molar-refractivity contribution in [1.29, 1.82) is 0 Å². The van der Waals surface area contributed by atoms with Gasteiger partial charge in [0.15, 0.2) is 0 Å². The van der Waals surface area contributed by atoms with Gasteiger partial charge in [-0.3, -0.25) is 0 Å². The molecule has 0 aliphatic carbocycles. The highest BCUT2D eigenvalue weighted by molar-refractivity contribution is 6.36. The molecule has 0 fully saturated rings. The lowest BCUT2D eigenvalue weighted by Gasteiger charge is -2.24. The molecule has 0 aliphatic heterocycles. The molecule has 0 heterocycles. The van der Waals surface area contributed by atoms with Gasteiger partial charge in [-0.15, -0.1) is 11.6 Å². The van der Waals surface area contributed by atoms with Crippen LogP contribution in [0.2, 0.25) is 10.0 Å². The summed E-state index contributed by atoms with van der Waals surface area (Å²) in [5, 5.41) is 1.58. The third kappa shape index (κ3) is 3.55. The van der Waals surface area contributed by atoms with Crippen LogP contribution in [0.5, 0.6) is 0 Å². The number of halogens is 3. The number of benzene rings is 1. The summed E-state index contributed by atoms with van der Waals surface area (Å²) in [6.45, 7) is 6.37. The summed E-state index contributed by atoms with van der Waals surface area (Å²) in [5.41, 5.74) is 1.01. The van der Waals surface area contributed by atoms with Crippen molar-refractivity contribution in [2.75, 3.05) is 0 Å². The van der Waals surface area contributed by atoms with E-state index in [9.17, 15) is 0 Å². The van der Waals surface area contributed by atoms with Gasteiger partial charge in [0, 0.05) is 15.4 Å². The molecule has 1 rings (SSSR count). The Kier molecular flexibility index (Phi) is 5.43.